The summed E-state index contributed by atoms with van der Waals surface area (Å²) in [6, 6.07) is 57.3. The van der Waals surface area contributed by atoms with Gasteiger partial charge in [0.2, 0.25) is 0 Å². The first-order chi connectivity index (χ1) is 28.2. The molecule has 9 aromatic rings. The second-order valence-corrected chi connectivity index (χ2v) is 15.2. The molecule has 0 amide bonds. The highest BCUT2D eigenvalue weighted by Gasteiger charge is 2.18. The van der Waals surface area contributed by atoms with E-state index in [4.69, 9.17) is 4.42 Å². The van der Waals surface area contributed by atoms with Gasteiger partial charge in [0.15, 0.2) is 0 Å². The van der Waals surface area contributed by atoms with Crippen molar-refractivity contribution in [3.63, 3.8) is 0 Å². The third-order valence-corrected chi connectivity index (χ3v) is 11.7. The minimum Gasteiger partial charge on any atom is -0.456 e. The minimum absolute atomic E-state index is 0.220. The first-order valence-electron chi connectivity index (χ1n) is 20.0. The van der Waals surface area contributed by atoms with Gasteiger partial charge in [-0.3, -0.25) is 0 Å². The Bertz CT molecular complexity index is 3120. The maximum atomic E-state index is 6.17. The summed E-state index contributed by atoms with van der Waals surface area (Å²) < 4.78 is 8.57. The van der Waals surface area contributed by atoms with Crippen molar-refractivity contribution in [2.75, 3.05) is 5.32 Å². The summed E-state index contributed by atoms with van der Waals surface area (Å²) >= 11 is 0. The third kappa shape index (κ3) is 6.00. The molecule has 0 aliphatic heterocycles. The molecule has 0 saturated heterocycles. The molecular formula is C54H40N2O. The van der Waals surface area contributed by atoms with Crippen LogP contribution in [-0.4, -0.2) is 10.6 Å². The van der Waals surface area contributed by atoms with Gasteiger partial charge in [-0.25, -0.2) is 0 Å². The Morgan fingerprint density at radius 1 is 0.491 bits per heavy atom. The summed E-state index contributed by atoms with van der Waals surface area (Å²) in [6.07, 6.45) is 17.0. The van der Waals surface area contributed by atoms with E-state index in [0.717, 1.165) is 52.6 Å². The zero-order valence-electron chi connectivity index (χ0n) is 31.5. The maximum absolute atomic E-state index is 6.17. The van der Waals surface area contributed by atoms with Crippen LogP contribution < -0.4 is 5.32 Å². The Morgan fingerprint density at radius 3 is 1.86 bits per heavy atom. The number of allylic oxidation sites excluding steroid dienone is 6. The van der Waals surface area contributed by atoms with E-state index in [-0.39, 0.29) is 6.04 Å². The van der Waals surface area contributed by atoms with E-state index in [9.17, 15) is 0 Å². The summed E-state index contributed by atoms with van der Waals surface area (Å²) in [5.41, 5.74) is 16.4. The molecule has 0 fully saturated rings. The molecule has 3 heteroatoms. The molecule has 0 bridgehead atoms. The predicted octanol–water partition coefficient (Wildman–Crippen LogP) is 14.6. The van der Waals surface area contributed by atoms with Gasteiger partial charge < -0.3 is 14.3 Å². The van der Waals surface area contributed by atoms with Crippen LogP contribution in [0, 0.1) is 0 Å². The molecule has 1 N–H and O–H groups in total. The molecule has 7 aromatic carbocycles. The van der Waals surface area contributed by atoms with Crippen LogP contribution in [0.5, 0.6) is 0 Å². The first kappa shape index (κ1) is 33.3. The van der Waals surface area contributed by atoms with E-state index in [1.165, 1.54) is 66.3 Å². The monoisotopic (exact) mass is 732 g/mol. The van der Waals surface area contributed by atoms with Crippen LogP contribution in [0.15, 0.2) is 199 Å². The summed E-state index contributed by atoms with van der Waals surface area (Å²) in [7, 11) is 0. The molecule has 272 valence electrons. The summed E-state index contributed by atoms with van der Waals surface area (Å²) in [5.74, 6) is 0. The Kier molecular flexibility index (Phi) is 8.10. The summed E-state index contributed by atoms with van der Waals surface area (Å²) in [4.78, 5) is 0. The highest BCUT2D eigenvalue weighted by Crippen LogP contribution is 2.40. The zero-order chi connectivity index (χ0) is 37.7. The Hall–Kier alpha value is -7.10. The highest BCUT2D eigenvalue weighted by molar-refractivity contribution is 6.12. The van der Waals surface area contributed by atoms with Gasteiger partial charge in [-0.15, -0.1) is 0 Å². The molecule has 1 atom stereocenters. The number of furan rings is 1. The molecule has 2 aliphatic rings. The van der Waals surface area contributed by atoms with Crippen LogP contribution >= 0.6 is 0 Å². The molecule has 3 nitrogen and oxygen atoms in total. The van der Waals surface area contributed by atoms with E-state index >= 15 is 0 Å². The minimum atomic E-state index is 0.220. The predicted molar refractivity (Wildman–Crippen MR) is 241 cm³/mol. The van der Waals surface area contributed by atoms with E-state index in [2.05, 4.69) is 192 Å². The number of anilines is 1. The Balaban J connectivity index is 1.01. The first-order valence-corrected chi connectivity index (χ1v) is 20.0. The van der Waals surface area contributed by atoms with Gasteiger partial charge in [0.1, 0.15) is 11.2 Å². The molecule has 0 saturated carbocycles. The number of fused-ring (bicyclic) bond motifs is 6. The molecule has 1 unspecified atom stereocenters. The highest BCUT2D eigenvalue weighted by atomic mass is 16.3. The van der Waals surface area contributed by atoms with Gasteiger partial charge in [-0.1, -0.05) is 127 Å². The third-order valence-electron chi connectivity index (χ3n) is 11.7. The second kappa shape index (κ2) is 13.9. The fourth-order valence-corrected chi connectivity index (χ4v) is 8.82. The number of hydrogen-bond acceptors (Lipinski definition) is 2. The van der Waals surface area contributed by atoms with Gasteiger partial charge in [0.05, 0.1) is 11.0 Å². The van der Waals surface area contributed by atoms with E-state index in [1.807, 2.05) is 12.1 Å². The van der Waals surface area contributed by atoms with Crippen molar-refractivity contribution in [3.05, 3.63) is 205 Å². The van der Waals surface area contributed by atoms with Gasteiger partial charge >= 0.3 is 0 Å². The number of aromatic nitrogens is 1. The molecule has 0 radical (unpaired) electrons. The lowest BCUT2D eigenvalue weighted by Crippen LogP contribution is -2.18. The van der Waals surface area contributed by atoms with E-state index in [1.54, 1.807) is 0 Å². The fourth-order valence-electron chi connectivity index (χ4n) is 8.82. The summed E-state index contributed by atoms with van der Waals surface area (Å²) in [6.45, 7) is 0. The van der Waals surface area contributed by atoms with Gasteiger partial charge in [-0.2, -0.15) is 0 Å². The molecule has 11 rings (SSSR count). The standard InChI is InChI=1S/C54H40N2O/c1-4-12-36(13-5-1)37-20-26-43(27-21-37)55-50-28-22-39(32-46(50)38-14-6-2-7-15-38)40-23-29-51-47(33-40)48-34-41(24-30-52(48)56(51)44-16-8-3-9-17-44)42-25-31-54-49(35-42)45-18-10-11-19-53(45)57-54/h1,3-6,8-26,28-35,43,55H,2,7,27H2. The lowest BCUT2D eigenvalue weighted by molar-refractivity contribution is 0.669. The summed E-state index contributed by atoms with van der Waals surface area (Å²) in [5, 5.41) is 8.65. The van der Waals surface area contributed by atoms with E-state index in [0.29, 0.717) is 0 Å². The van der Waals surface area contributed by atoms with Crippen LogP contribution in [0.3, 0.4) is 0 Å². The van der Waals surface area contributed by atoms with Crippen LogP contribution in [0.4, 0.5) is 5.69 Å². The fraction of sp³-hybridized carbons (Fsp3) is 0.0741. The van der Waals surface area contributed by atoms with Gasteiger partial charge in [0, 0.05) is 44.5 Å². The molecule has 2 heterocycles. The van der Waals surface area contributed by atoms with Crippen molar-refractivity contribution in [3.8, 4) is 27.9 Å². The van der Waals surface area contributed by atoms with Crippen molar-refractivity contribution in [1.82, 2.24) is 4.57 Å². The number of hydrogen-bond donors (Lipinski definition) is 1. The SMILES string of the molecule is C1=CC(c2cc(-c3ccc4c(c3)c3cc(-c5ccc6oc7ccccc7c6c5)ccc3n4-c3ccccc3)ccc2NC2C=CC(c3ccccc3)=CC2)=CCC1. The van der Waals surface area contributed by atoms with Gasteiger partial charge in [-0.05, 0) is 125 Å². The lowest BCUT2D eigenvalue weighted by atomic mass is 9.92. The number of nitrogens with zero attached hydrogens (tertiary/aromatic N) is 1. The van der Waals surface area contributed by atoms with E-state index < -0.39 is 0 Å². The van der Waals surface area contributed by atoms with Crippen molar-refractivity contribution in [2.45, 2.75) is 25.3 Å². The molecule has 2 aromatic heterocycles. The Morgan fingerprint density at radius 2 is 1.14 bits per heavy atom. The topological polar surface area (TPSA) is 30.1 Å². The molecule has 57 heavy (non-hydrogen) atoms. The molecular weight excluding hydrogens is 693 g/mol. The maximum Gasteiger partial charge on any atom is 0.135 e. The average Bonchev–Trinajstić information content (AvgIpc) is 3.82. The second-order valence-electron chi connectivity index (χ2n) is 15.2. The van der Waals surface area contributed by atoms with Crippen molar-refractivity contribution in [2.24, 2.45) is 0 Å². The molecule has 2 aliphatic carbocycles. The number of nitrogens with one attached hydrogen (secondary N) is 1. The van der Waals surface area contributed by atoms with Crippen LogP contribution in [0.1, 0.15) is 30.4 Å². The largest absolute Gasteiger partial charge is 0.456 e. The van der Waals surface area contributed by atoms with Crippen LogP contribution in [0.2, 0.25) is 0 Å². The molecule has 0 spiro atoms. The van der Waals surface area contributed by atoms with Gasteiger partial charge in [0.25, 0.3) is 0 Å². The van der Waals surface area contributed by atoms with Crippen molar-refractivity contribution in [1.29, 1.82) is 0 Å². The normalized spacial score (nSPS) is 15.4. The zero-order valence-corrected chi connectivity index (χ0v) is 31.5. The van der Waals surface area contributed by atoms with Crippen molar-refractivity contribution >= 4 is 60.6 Å². The number of rotatable bonds is 7. The Labute approximate surface area is 332 Å². The average molecular weight is 733 g/mol. The smallest absolute Gasteiger partial charge is 0.135 e. The lowest BCUT2D eigenvalue weighted by Gasteiger charge is -2.23. The number of benzene rings is 7. The van der Waals surface area contributed by atoms with Crippen LogP contribution in [-0.2, 0) is 0 Å². The quantitative estimate of drug-likeness (QED) is 0.177. The van der Waals surface area contributed by atoms with Crippen molar-refractivity contribution < 1.29 is 4.42 Å². The van der Waals surface area contributed by atoms with Crippen LogP contribution in [0.25, 0.3) is 82.8 Å². The number of para-hydroxylation sites is 2.